The van der Waals surface area contributed by atoms with Gasteiger partial charge in [-0.1, -0.05) is 30.3 Å². The third kappa shape index (κ3) is 3.87. The summed E-state index contributed by atoms with van der Waals surface area (Å²) in [6.07, 6.45) is 0.747. The van der Waals surface area contributed by atoms with Gasteiger partial charge in [-0.15, -0.1) is 0 Å². The molecule has 0 fully saturated rings. The number of hydrogen-bond donors (Lipinski definition) is 2. The van der Waals surface area contributed by atoms with E-state index in [1.807, 2.05) is 30.3 Å². The van der Waals surface area contributed by atoms with Gasteiger partial charge in [-0.2, -0.15) is 0 Å². The summed E-state index contributed by atoms with van der Waals surface area (Å²) in [5, 5.41) is 8.67. The van der Waals surface area contributed by atoms with Crippen LogP contribution >= 0.6 is 0 Å². The van der Waals surface area contributed by atoms with Crippen molar-refractivity contribution in [1.29, 1.82) is 0 Å². The molecule has 1 rings (SSSR count). The van der Waals surface area contributed by atoms with Gasteiger partial charge in [0.05, 0.1) is 6.61 Å². The van der Waals surface area contributed by atoms with E-state index in [2.05, 4.69) is 0 Å². The van der Waals surface area contributed by atoms with Crippen LogP contribution in [0.15, 0.2) is 30.3 Å². The summed E-state index contributed by atoms with van der Waals surface area (Å²) in [6.45, 7) is 0.0505. The quantitative estimate of drug-likeness (QED) is 0.765. The van der Waals surface area contributed by atoms with Crippen LogP contribution in [0.2, 0.25) is 0 Å². The van der Waals surface area contributed by atoms with Crippen molar-refractivity contribution in [3.8, 4) is 0 Å². The Morgan fingerprint density at radius 3 is 2.33 bits per heavy atom. The molecule has 12 heavy (non-hydrogen) atoms. The number of aliphatic hydroxyl groups excluding tert-OH is 1. The van der Waals surface area contributed by atoms with Gasteiger partial charge in [0.15, 0.2) is 0 Å². The summed E-state index contributed by atoms with van der Waals surface area (Å²) in [7, 11) is 0. The zero-order chi connectivity index (χ0) is 8.10. The molecule has 0 amide bonds. The van der Waals surface area contributed by atoms with E-state index in [0.717, 1.165) is 6.42 Å². The summed E-state index contributed by atoms with van der Waals surface area (Å²) in [5.74, 6) is 0. The first-order valence-corrected chi connectivity index (χ1v) is 3.73. The van der Waals surface area contributed by atoms with Crippen LogP contribution in [0.25, 0.3) is 0 Å². The van der Waals surface area contributed by atoms with E-state index in [0.29, 0.717) is 0 Å². The van der Waals surface area contributed by atoms with Gasteiger partial charge >= 0.3 is 0 Å². The predicted molar refractivity (Wildman–Crippen MR) is 45.2 cm³/mol. The maximum Gasteiger partial charge on any atom is 0.0585 e. The molecule has 0 saturated heterocycles. The number of hydrogen-bond acceptors (Lipinski definition) is 2. The molecule has 69 valence electrons. The molecule has 0 saturated carbocycles. The molecule has 3 N–H and O–H groups in total. The van der Waals surface area contributed by atoms with Crippen molar-refractivity contribution in [2.24, 2.45) is 5.73 Å². The fourth-order valence-electron chi connectivity index (χ4n) is 0.981. The summed E-state index contributed by atoms with van der Waals surface area (Å²) in [6, 6.07) is 9.80. The molecule has 0 bridgehead atoms. The van der Waals surface area contributed by atoms with Gasteiger partial charge in [0.2, 0.25) is 0 Å². The van der Waals surface area contributed by atoms with E-state index in [4.69, 9.17) is 10.8 Å². The van der Waals surface area contributed by atoms with Crippen LogP contribution in [0.5, 0.6) is 0 Å². The number of benzene rings is 1. The first-order chi connectivity index (χ1) is 5.33. The number of nitrogens with two attached hydrogens (primary N) is 1. The Hall–Kier alpha value is -0.354. The van der Waals surface area contributed by atoms with Crippen LogP contribution in [0.4, 0.5) is 0 Å². The van der Waals surface area contributed by atoms with Crippen molar-refractivity contribution in [2.75, 3.05) is 6.61 Å². The van der Waals surface area contributed by atoms with Gasteiger partial charge in [-0.3, -0.25) is 0 Å². The van der Waals surface area contributed by atoms with Crippen molar-refractivity contribution in [3.05, 3.63) is 35.9 Å². The maximum absolute atomic E-state index is 8.67. The van der Waals surface area contributed by atoms with Gasteiger partial charge in [0.1, 0.15) is 0 Å². The SMILES string of the molecule is NC(CO)Cc1ccccc1.[Co]. The van der Waals surface area contributed by atoms with Crippen LogP contribution in [0, 0.1) is 0 Å². The topological polar surface area (TPSA) is 46.2 Å². The molecular weight excluding hydrogens is 197 g/mol. The second kappa shape index (κ2) is 6.19. The summed E-state index contributed by atoms with van der Waals surface area (Å²) >= 11 is 0. The fraction of sp³-hybridized carbons (Fsp3) is 0.333. The Morgan fingerprint density at radius 2 is 1.83 bits per heavy atom. The third-order valence-electron chi connectivity index (χ3n) is 1.58. The number of rotatable bonds is 3. The Balaban J connectivity index is 0.00000121. The molecule has 1 unspecified atom stereocenters. The van der Waals surface area contributed by atoms with E-state index in [9.17, 15) is 0 Å². The Labute approximate surface area is 83.0 Å². The molecule has 2 nitrogen and oxygen atoms in total. The zero-order valence-corrected chi connectivity index (χ0v) is 7.78. The first kappa shape index (κ1) is 11.6. The molecule has 1 aromatic carbocycles. The molecular formula is C9H13CoNO. The van der Waals surface area contributed by atoms with Crippen LogP contribution in [-0.2, 0) is 23.2 Å². The van der Waals surface area contributed by atoms with E-state index in [-0.39, 0.29) is 29.4 Å². The van der Waals surface area contributed by atoms with Gasteiger partial charge in [-0.05, 0) is 12.0 Å². The Bertz CT molecular complexity index is 203. The average Bonchev–Trinajstić information content (AvgIpc) is 2.06. The van der Waals surface area contributed by atoms with Crippen LogP contribution in [0.3, 0.4) is 0 Å². The summed E-state index contributed by atoms with van der Waals surface area (Å²) < 4.78 is 0. The molecule has 1 atom stereocenters. The summed E-state index contributed by atoms with van der Waals surface area (Å²) in [4.78, 5) is 0. The molecule has 0 aromatic heterocycles. The standard InChI is InChI=1S/C9H13NO.Co/c10-9(7-11)6-8-4-2-1-3-5-8;/h1-5,9,11H,6-7,10H2;. The number of aliphatic hydroxyl groups is 1. The Morgan fingerprint density at radius 1 is 1.25 bits per heavy atom. The van der Waals surface area contributed by atoms with Gasteiger partial charge < -0.3 is 10.8 Å². The minimum absolute atomic E-state index is 0. The normalized spacial score (nSPS) is 11.8. The molecule has 1 radical (unpaired) electrons. The van der Waals surface area contributed by atoms with E-state index in [1.165, 1.54) is 5.56 Å². The maximum atomic E-state index is 8.67. The first-order valence-electron chi connectivity index (χ1n) is 3.73. The van der Waals surface area contributed by atoms with Crippen molar-refractivity contribution in [2.45, 2.75) is 12.5 Å². The van der Waals surface area contributed by atoms with Gasteiger partial charge in [0, 0.05) is 22.8 Å². The molecule has 3 heteroatoms. The molecule has 0 heterocycles. The van der Waals surface area contributed by atoms with Crippen LogP contribution in [0.1, 0.15) is 5.56 Å². The van der Waals surface area contributed by atoms with E-state index in [1.54, 1.807) is 0 Å². The molecule has 0 spiro atoms. The molecule has 1 aromatic rings. The summed E-state index contributed by atoms with van der Waals surface area (Å²) in [5.41, 5.74) is 6.73. The van der Waals surface area contributed by atoms with E-state index >= 15 is 0 Å². The average molecular weight is 210 g/mol. The van der Waals surface area contributed by atoms with Crippen molar-refractivity contribution >= 4 is 0 Å². The van der Waals surface area contributed by atoms with Crippen molar-refractivity contribution in [3.63, 3.8) is 0 Å². The van der Waals surface area contributed by atoms with Gasteiger partial charge in [0.25, 0.3) is 0 Å². The minimum atomic E-state index is -0.127. The molecule has 0 aliphatic heterocycles. The minimum Gasteiger partial charge on any atom is -0.395 e. The smallest absolute Gasteiger partial charge is 0.0585 e. The zero-order valence-electron chi connectivity index (χ0n) is 6.74. The Kier molecular flexibility index (Phi) is 6.01. The fourth-order valence-corrected chi connectivity index (χ4v) is 0.981. The van der Waals surface area contributed by atoms with Crippen LogP contribution in [-0.4, -0.2) is 17.8 Å². The van der Waals surface area contributed by atoms with Gasteiger partial charge in [-0.25, -0.2) is 0 Å². The molecule has 0 aliphatic rings. The largest absolute Gasteiger partial charge is 0.395 e. The van der Waals surface area contributed by atoms with Crippen LogP contribution < -0.4 is 5.73 Å². The second-order valence-corrected chi connectivity index (χ2v) is 2.63. The second-order valence-electron chi connectivity index (χ2n) is 2.63. The predicted octanol–water partition coefficient (Wildman–Crippen LogP) is 0.546. The van der Waals surface area contributed by atoms with E-state index < -0.39 is 0 Å². The third-order valence-corrected chi connectivity index (χ3v) is 1.58. The monoisotopic (exact) mass is 210 g/mol. The molecule has 0 aliphatic carbocycles. The van der Waals surface area contributed by atoms with Crippen molar-refractivity contribution < 1.29 is 21.9 Å². The van der Waals surface area contributed by atoms with Crippen molar-refractivity contribution in [1.82, 2.24) is 0 Å².